The average Bonchev–Trinajstić information content (AvgIpc) is 2.04. The molecule has 1 saturated carbocycles. The largest absolute Gasteiger partial charge is 0.388 e. The maximum absolute atomic E-state index is 10.5. The van der Waals surface area contributed by atoms with E-state index in [9.17, 15) is 5.11 Å². The maximum Gasteiger partial charge on any atom is 0.0839 e. The molecule has 4 N–H and O–H groups in total. The molecule has 0 radical (unpaired) electrons. The van der Waals surface area contributed by atoms with Gasteiger partial charge in [0, 0.05) is 18.5 Å². The molecule has 2 rings (SSSR count). The highest BCUT2D eigenvalue weighted by atomic mass is 16.3. The topological polar surface area (TPSA) is 58.3 Å². The third kappa shape index (κ3) is 1.30. The fourth-order valence-corrected chi connectivity index (χ4v) is 2.81. The molecular formula is C10H20N2O. The average molecular weight is 184 g/mol. The number of aliphatic hydroxyl groups is 1. The molecule has 1 atom stereocenters. The van der Waals surface area contributed by atoms with Gasteiger partial charge in [-0.15, -0.1) is 0 Å². The van der Waals surface area contributed by atoms with Gasteiger partial charge in [-0.25, -0.2) is 0 Å². The molecule has 0 aromatic rings. The van der Waals surface area contributed by atoms with Crippen LogP contribution in [0.3, 0.4) is 0 Å². The Morgan fingerprint density at radius 3 is 2.38 bits per heavy atom. The summed E-state index contributed by atoms with van der Waals surface area (Å²) >= 11 is 0. The minimum atomic E-state index is -0.516. The van der Waals surface area contributed by atoms with Gasteiger partial charge < -0.3 is 16.2 Å². The van der Waals surface area contributed by atoms with E-state index in [1.54, 1.807) is 0 Å². The summed E-state index contributed by atoms with van der Waals surface area (Å²) in [6.45, 7) is 2.43. The molecule has 0 aromatic carbocycles. The molecule has 1 aliphatic carbocycles. The standard InChI is InChI=1S/C10H20N2O/c11-7-9(3-1-4-9)10(13)5-2-6-12-8-10/h12-13H,1-8,11H2. The number of nitrogens with one attached hydrogen (secondary N) is 1. The summed E-state index contributed by atoms with van der Waals surface area (Å²) in [7, 11) is 0. The lowest BCUT2D eigenvalue weighted by molar-refractivity contribution is -0.133. The highest BCUT2D eigenvalue weighted by Crippen LogP contribution is 2.50. The predicted octanol–water partition coefficient (Wildman–Crippen LogP) is 0.230. The van der Waals surface area contributed by atoms with E-state index in [1.807, 2.05) is 0 Å². The Kier molecular flexibility index (Phi) is 2.34. The van der Waals surface area contributed by atoms with E-state index in [-0.39, 0.29) is 5.41 Å². The molecule has 3 heteroatoms. The van der Waals surface area contributed by atoms with E-state index in [0.717, 1.165) is 38.8 Å². The second kappa shape index (κ2) is 3.23. The van der Waals surface area contributed by atoms with Gasteiger partial charge >= 0.3 is 0 Å². The Balaban J connectivity index is 2.10. The molecule has 1 heterocycles. The summed E-state index contributed by atoms with van der Waals surface area (Å²) in [5.41, 5.74) is 5.32. The van der Waals surface area contributed by atoms with Crippen LogP contribution in [0.2, 0.25) is 0 Å². The van der Waals surface area contributed by atoms with Crippen LogP contribution in [0.25, 0.3) is 0 Å². The van der Waals surface area contributed by atoms with Crippen molar-refractivity contribution in [2.75, 3.05) is 19.6 Å². The van der Waals surface area contributed by atoms with Crippen molar-refractivity contribution in [3.05, 3.63) is 0 Å². The zero-order valence-electron chi connectivity index (χ0n) is 8.18. The lowest BCUT2D eigenvalue weighted by Crippen LogP contribution is -2.62. The molecule has 1 saturated heterocycles. The second-order valence-electron chi connectivity index (χ2n) is 4.65. The van der Waals surface area contributed by atoms with Gasteiger partial charge in [-0.1, -0.05) is 6.42 Å². The van der Waals surface area contributed by atoms with Gasteiger partial charge in [0.2, 0.25) is 0 Å². The second-order valence-corrected chi connectivity index (χ2v) is 4.65. The van der Waals surface area contributed by atoms with Crippen molar-refractivity contribution in [2.45, 2.75) is 37.7 Å². The Labute approximate surface area is 79.7 Å². The first kappa shape index (κ1) is 9.44. The monoisotopic (exact) mass is 184 g/mol. The predicted molar refractivity (Wildman–Crippen MR) is 52.4 cm³/mol. The summed E-state index contributed by atoms with van der Waals surface area (Å²) in [6.07, 6.45) is 5.47. The van der Waals surface area contributed by atoms with Crippen LogP contribution >= 0.6 is 0 Å². The number of hydrogen-bond donors (Lipinski definition) is 3. The van der Waals surface area contributed by atoms with Crippen molar-refractivity contribution in [2.24, 2.45) is 11.1 Å². The summed E-state index contributed by atoms with van der Waals surface area (Å²) in [5.74, 6) is 0. The van der Waals surface area contributed by atoms with Crippen molar-refractivity contribution in [1.29, 1.82) is 0 Å². The summed E-state index contributed by atoms with van der Waals surface area (Å²) in [6, 6.07) is 0. The molecule has 3 nitrogen and oxygen atoms in total. The molecule has 0 aromatic heterocycles. The zero-order valence-corrected chi connectivity index (χ0v) is 8.18. The van der Waals surface area contributed by atoms with Gasteiger partial charge in [-0.3, -0.25) is 0 Å². The van der Waals surface area contributed by atoms with Crippen LogP contribution in [-0.2, 0) is 0 Å². The van der Waals surface area contributed by atoms with E-state index in [2.05, 4.69) is 5.32 Å². The summed E-state index contributed by atoms with van der Waals surface area (Å²) < 4.78 is 0. The van der Waals surface area contributed by atoms with Crippen LogP contribution in [0, 0.1) is 5.41 Å². The molecule has 1 unspecified atom stereocenters. The molecule has 13 heavy (non-hydrogen) atoms. The number of β-amino-alcohol motifs (C(OH)–C–C–N with tert-alkyl or cyclic N) is 1. The molecule has 0 spiro atoms. The van der Waals surface area contributed by atoms with Gasteiger partial charge in [0.25, 0.3) is 0 Å². The number of hydrogen-bond acceptors (Lipinski definition) is 3. The minimum absolute atomic E-state index is 0.0421. The van der Waals surface area contributed by atoms with Crippen LogP contribution in [0.15, 0.2) is 0 Å². The van der Waals surface area contributed by atoms with E-state index >= 15 is 0 Å². The van der Waals surface area contributed by atoms with Crippen LogP contribution < -0.4 is 11.1 Å². The lowest BCUT2D eigenvalue weighted by atomic mass is 9.57. The Hall–Kier alpha value is -0.120. The van der Waals surface area contributed by atoms with Crippen molar-refractivity contribution >= 4 is 0 Å². The Morgan fingerprint density at radius 1 is 1.23 bits per heavy atom. The van der Waals surface area contributed by atoms with Crippen molar-refractivity contribution < 1.29 is 5.11 Å². The molecule has 76 valence electrons. The van der Waals surface area contributed by atoms with Crippen LogP contribution in [0.4, 0.5) is 0 Å². The SMILES string of the molecule is NCC1(C2(O)CCCNC2)CCC1. The number of rotatable bonds is 2. The number of nitrogens with two attached hydrogens (primary N) is 1. The van der Waals surface area contributed by atoms with Gasteiger partial charge in [-0.05, 0) is 32.2 Å². The quantitative estimate of drug-likeness (QED) is 0.576. The van der Waals surface area contributed by atoms with Crippen molar-refractivity contribution in [3.63, 3.8) is 0 Å². The molecular weight excluding hydrogens is 164 g/mol. The Bertz CT molecular complexity index is 178. The van der Waals surface area contributed by atoms with E-state index in [4.69, 9.17) is 5.73 Å². The molecule has 1 aliphatic heterocycles. The van der Waals surface area contributed by atoms with Gasteiger partial charge in [0.15, 0.2) is 0 Å². The highest BCUT2D eigenvalue weighted by Gasteiger charge is 2.52. The van der Waals surface area contributed by atoms with Crippen molar-refractivity contribution in [3.8, 4) is 0 Å². The maximum atomic E-state index is 10.5. The van der Waals surface area contributed by atoms with E-state index in [1.165, 1.54) is 6.42 Å². The summed E-state index contributed by atoms with van der Waals surface area (Å²) in [5, 5.41) is 13.8. The first-order valence-electron chi connectivity index (χ1n) is 5.36. The van der Waals surface area contributed by atoms with Crippen LogP contribution in [0.1, 0.15) is 32.1 Å². The summed E-state index contributed by atoms with van der Waals surface area (Å²) in [4.78, 5) is 0. The van der Waals surface area contributed by atoms with Gasteiger partial charge in [0.05, 0.1) is 5.60 Å². The highest BCUT2D eigenvalue weighted by molar-refractivity contribution is 5.06. The van der Waals surface area contributed by atoms with E-state index in [0.29, 0.717) is 6.54 Å². The molecule has 2 fully saturated rings. The molecule has 2 aliphatic rings. The fourth-order valence-electron chi connectivity index (χ4n) is 2.81. The fraction of sp³-hybridized carbons (Fsp3) is 1.00. The number of piperidine rings is 1. The van der Waals surface area contributed by atoms with Crippen LogP contribution in [-0.4, -0.2) is 30.3 Å². The molecule has 0 bridgehead atoms. The Morgan fingerprint density at radius 2 is 2.00 bits per heavy atom. The normalized spacial score (nSPS) is 38.3. The minimum Gasteiger partial charge on any atom is -0.388 e. The lowest BCUT2D eigenvalue weighted by Gasteiger charge is -2.54. The smallest absolute Gasteiger partial charge is 0.0839 e. The van der Waals surface area contributed by atoms with Crippen molar-refractivity contribution in [1.82, 2.24) is 5.32 Å². The molecule has 0 amide bonds. The first-order chi connectivity index (χ1) is 6.22. The first-order valence-corrected chi connectivity index (χ1v) is 5.36. The van der Waals surface area contributed by atoms with Gasteiger partial charge in [-0.2, -0.15) is 0 Å². The van der Waals surface area contributed by atoms with E-state index < -0.39 is 5.60 Å². The van der Waals surface area contributed by atoms with Crippen LogP contribution in [0.5, 0.6) is 0 Å². The third-order valence-corrected chi connectivity index (χ3v) is 4.05. The zero-order chi connectivity index (χ0) is 9.36. The third-order valence-electron chi connectivity index (χ3n) is 4.05. The van der Waals surface area contributed by atoms with Gasteiger partial charge in [0.1, 0.15) is 0 Å².